The van der Waals surface area contributed by atoms with Crippen LogP contribution in [-0.4, -0.2) is 87.3 Å². The van der Waals surface area contributed by atoms with E-state index in [4.69, 9.17) is 14.2 Å². The molecule has 62 heavy (non-hydrogen) atoms. The molecule has 1 aliphatic rings. The maximum Gasteiger partial charge on any atom is 0.308 e. The maximum atomic E-state index is 13.3. The Kier molecular flexibility index (Phi) is 40.7. The van der Waals surface area contributed by atoms with Gasteiger partial charge in [0.15, 0.2) is 0 Å². The number of esters is 3. The van der Waals surface area contributed by atoms with E-state index < -0.39 is 0 Å². The molecule has 8 heteroatoms. The van der Waals surface area contributed by atoms with E-state index in [1.165, 1.54) is 116 Å². The van der Waals surface area contributed by atoms with Crippen LogP contribution in [0.25, 0.3) is 0 Å². The molecule has 1 unspecified atom stereocenters. The predicted octanol–water partition coefficient (Wildman–Crippen LogP) is 14.4. The van der Waals surface area contributed by atoms with E-state index in [1.54, 1.807) is 0 Å². The molecule has 0 N–H and O–H groups in total. The third kappa shape index (κ3) is 35.7. The zero-order valence-electron chi connectivity index (χ0n) is 42.0. The fraction of sp³-hybridized carbons (Fsp3) is 0.944. The Labute approximate surface area is 384 Å². The van der Waals surface area contributed by atoms with Gasteiger partial charge in [0.25, 0.3) is 0 Å². The number of hydrogen-bond donors (Lipinski definition) is 0. The zero-order valence-corrected chi connectivity index (χ0v) is 42.0. The van der Waals surface area contributed by atoms with Crippen LogP contribution in [0.4, 0.5) is 0 Å². The molecule has 1 saturated heterocycles. The SMILES string of the molecule is CCCCCC(CCCCC)CC(=O)OCCCCCCCCCCC(CCCCCCCCOC(=O)CC(CCCCC)CCCCC)C(=O)OCCCN1CCN(C)CC1. The first kappa shape index (κ1) is 58.3. The molecule has 0 aromatic heterocycles. The number of nitrogens with zero attached hydrogens (tertiary/aromatic N) is 2. The summed E-state index contributed by atoms with van der Waals surface area (Å²) >= 11 is 0. The lowest BCUT2D eigenvalue weighted by atomic mass is 9.92. The topological polar surface area (TPSA) is 85.4 Å². The standard InChI is InChI=1S/C54H104N2O6/c1-6-10-24-33-49(34-25-11-7-2)47-52(57)60-44-30-22-18-15-14-16-20-28-37-51(54(59)62-46-32-39-56-42-40-55(5)41-43-56)38-29-21-17-19-23-31-45-61-53(58)48-50(35-26-12-8-3)36-27-13-9-4/h49-51H,6-48H2,1-5H3. The number of carbonyl (C=O) groups excluding carboxylic acids is 3. The van der Waals surface area contributed by atoms with Gasteiger partial charge in [0.2, 0.25) is 0 Å². The lowest BCUT2D eigenvalue weighted by Gasteiger charge is -2.32. The Bertz CT molecular complexity index is 997. The molecular weight excluding hydrogens is 773 g/mol. The van der Waals surface area contributed by atoms with Crippen molar-refractivity contribution in [1.29, 1.82) is 0 Å². The van der Waals surface area contributed by atoms with E-state index in [0.717, 1.165) is 129 Å². The molecule has 1 heterocycles. The van der Waals surface area contributed by atoms with Crippen molar-refractivity contribution in [3.63, 3.8) is 0 Å². The van der Waals surface area contributed by atoms with Crippen molar-refractivity contribution in [3.8, 4) is 0 Å². The van der Waals surface area contributed by atoms with Gasteiger partial charge >= 0.3 is 17.9 Å². The van der Waals surface area contributed by atoms with Crippen molar-refractivity contribution in [2.75, 3.05) is 59.6 Å². The second-order valence-electron chi connectivity index (χ2n) is 19.5. The van der Waals surface area contributed by atoms with Gasteiger partial charge in [-0.1, -0.05) is 182 Å². The third-order valence-electron chi connectivity index (χ3n) is 13.5. The summed E-state index contributed by atoms with van der Waals surface area (Å²) in [7, 11) is 2.18. The quantitative estimate of drug-likeness (QED) is 0.0340. The highest BCUT2D eigenvalue weighted by Crippen LogP contribution is 2.24. The van der Waals surface area contributed by atoms with Gasteiger partial charge in [0, 0.05) is 45.6 Å². The highest BCUT2D eigenvalue weighted by molar-refractivity contribution is 5.72. The van der Waals surface area contributed by atoms with Crippen molar-refractivity contribution in [2.24, 2.45) is 17.8 Å². The average Bonchev–Trinajstić information content (AvgIpc) is 3.26. The summed E-state index contributed by atoms with van der Waals surface area (Å²) in [5.74, 6) is 1.02. The maximum absolute atomic E-state index is 13.3. The lowest BCUT2D eigenvalue weighted by molar-refractivity contribution is -0.149. The van der Waals surface area contributed by atoms with Gasteiger partial charge in [-0.05, 0) is 76.7 Å². The number of carbonyl (C=O) groups is 3. The first-order valence-electron chi connectivity index (χ1n) is 27.2. The number of ether oxygens (including phenoxy) is 3. The minimum atomic E-state index is 0.000817. The summed E-state index contributed by atoms with van der Waals surface area (Å²) in [6.07, 6.45) is 39.2. The number of piperazine rings is 1. The average molecular weight is 877 g/mol. The van der Waals surface area contributed by atoms with Crippen LogP contribution >= 0.6 is 0 Å². The molecular formula is C54H104N2O6. The van der Waals surface area contributed by atoms with E-state index in [0.29, 0.717) is 44.5 Å². The van der Waals surface area contributed by atoms with Crippen LogP contribution in [0.1, 0.15) is 252 Å². The van der Waals surface area contributed by atoms with Crippen LogP contribution in [0.15, 0.2) is 0 Å². The molecule has 8 nitrogen and oxygen atoms in total. The van der Waals surface area contributed by atoms with Gasteiger partial charge in [0.05, 0.1) is 25.7 Å². The van der Waals surface area contributed by atoms with Gasteiger partial charge in [-0.2, -0.15) is 0 Å². The van der Waals surface area contributed by atoms with Crippen molar-refractivity contribution < 1.29 is 28.6 Å². The monoisotopic (exact) mass is 877 g/mol. The van der Waals surface area contributed by atoms with E-state index in [1.807, 2.05) is 0 Å². The summed E-state index contributed by atoms with van der Waals surface area (Å²) in [5.41, 5.74) is 0. The second kappa shape index (κ2) is 43.2. The summed E-state index contributed by atoms with van der Waals surface area (Å²) < 4.78 is 17.2. The molecule has 0 saturated carbocycles. The molecule has 1 rings (SSSR count). The molecule has 0 radical (unpaired) electrons. The molecule has 1 fully saturated rings. The van der Waals surface area contributed by atoms with Crippen LogP contribution < -0.4 is 0 Å². The molecule has 1 atom stereocenters. The van der Waals surface area contributed by atoms with E-state index >= 15 is 0 Å². The normalized spacial score (nSPS) is 14.2. The first-order valence-corrected chi connectivity index (χ1v) is 27.2. The fourth-order valence-electron chi connectivity index (χ4n) is 9.17. The van der Waals surface area contributed by atoms with E-state index in [-0.39, 0.29) is 23.8 Å². The van der Waals surface area contributed by atoms with Crippen LogP contribution in [0.3, 0.4) is 0 Å². The molecule has 0 aromatic carbocycles. The summed E-state index contributed by atoms with van der Waals surface area (Å²) in [5, 5.41) is 0. The van der Waals surface area contributed by atoms with E-state index in [2.05, 4.69) is 44.5 Å². The molecule has 0 aromatic rings. The smallest absolute Gasteiger partial charge is 0.308 e. The molecule has 0 bridgehead atoms. The molecule has 1 aliphatic heterocycles. The number of rotatable bonds is 45. The number of likely N-dealkylation sites (N-methyl/N-ethyl adjacent to an activating group) is 1. The highest BCUT2D eigenvalue weighted by Gasteiger charge is 2.21. The fourth-order valence-corrected chi connectivity index (χ4v) is 9.17. The Morgan fingerprint density at radius 1 is 0.403 bits per heavy atom. The Morgan fingerprint density at radius 3 is 1.13 bits per heavy atom. The van der Waals surface area contributed by atoms with Crippen molar-refractivity contribution in [1.82, 2.24) is 9.80 Å². The van der Waals surface area contributed by atoms with Crippen molar-refractivity contribution in [3.05, 3.63) is 0 Å². The third-order valence-corrected chi connectivity index (χ3v) is 13.5. The van der Waals surface area contributed by atoms with Crippen LogP contribution in [0.2, 0.25) is 0 Å². The number of unbranched alkanes of at least 4 members (excludes halogenated alkanes) is 20. The minimum absolute atomic E-state index is 0.000817. The number of hydrogen-bond acceptors (Lipinski definition) is 8. The second-order valence-corrected chi connectivity index (χ2v) is 19.5. The zero-order chi connectivity index (χ0) is 45.1. The van der Waals surface area contributed by atoms with Crippen LogP contribution in [-0.2, 0) is 28.6 Å². The summed E-state index contributed by atoms with van der Waals surface area (Å²) in [4.78, 5) is 43.3. The molecule has 0 spiro atoms. The Morgan fingerprint density at radius 2 is 0.742 bits per heavy atom. The Balaban J connectivity index is 2.30. The van der Waals surface area contributed by atoms with Gasteiger partial charge in [-0.25, -0.2) is 0 Å². The van der Waals surface area contributed by atoms with Gasteiger partial charge in [0.1, 0.15) is 0 Å². The predicted molar refractivity (Wildman–Crippen MR) is 262 cm³/mol. The lowest BCUT2D eigenvalue weighted by Crippen LogP contribution is -2.44. The summed E-state index contributed by atoms with van der Waals surface area (Å²) in [6.45, 7) is 16.1. The first-order chi connectivity index (χ1) is 30.3. The summed E-state index contributed by atoms with van der Waals surface area (Å²) in [6, 6.07) is 0. The molecule has 0 aliphatic carbocycles. The Hall–Kier alpha value is -1.67. The van der Waals surface area contributed by atoms with E-state index in [9.17, 15) is 14.4 Å². The largest absolute Gasteiger partial charge is 0.466 e. The van der Waals surface area contributed by atoms with Crippen molar-refractivity contribution in [2.45, 2.75) is 252 Å². The van der Waals surface area contributed by atoms with Crippen LogP contribution in [0, 0.1) is 17.8 Å². The van der Waals surface area contributed by atoms with Gasteiger partial charge < -0.3 is 24.0 Å². The minimum Gasteiger partial charge on any atom is -0.466 e. The highest BCUT2D eigenvalue weighted by atomic mass is 16.5. The van der Waals surface area contributed by atoms with Crippen molar-refractivity contribution >= 4 is 17.9 Å². The van der Waals surface area contributed by atoms with Gasteiger partial charge in [-0.3, -0.25) is 14.4 Å². The van der Waals surface area contributed by atoms with Crippen LogP contribution in [0.5, 0.6) is 0 Å². The molecule has 366 valence electrons. The molecule has 0 amide bonds. The van der Waals surface area contributed by atoms with Gasteiger partial charge in [-0.15, -0.1) is 0 Å².